The standard InChI is InChI=1S/C21H24Cl2N2O2.ClH/c1-24(2)12-16-10-15(11-17(21(16)27)13-25(3)4)20(26)8-6-14-5-7-18(22)19(23)9-14;/h5-11,27H,12-13H2,1-4H3;1H/b8-6+;. The molecule has 0 spiro atoms. The summed E-state index contributed by atoms with van der Waals surface area (Å²) in [4.78, 5) is 16.6. The van der Waals surface area contributed by atoms with Crippen LogP contribution in [0.4, 0.5) is 0 Å². The van der Waals surface area contributed by atoms with Gasteiger partial charge in [0, 0.05) is 29.8 Å². The number of allylic oxidation sites excluding steroid dienone is 1. The quantitative estimate of drug-likeness (QED) is 0.475. The number of benzene rings is 2. The fraction of sp³-hybridized carbons (Fsp3) is 0.286. The minimum absolute atomic E-state index is 0. The van der Waals surface area contributed by atoms with E-state index in [0.29, 0.717) is 28.7 Å². The van der Waals surface area contributed by atoms with Gasteiger partial charge in [0.05, 0.1) is 10.0 Å². The number of phenolic OH excluding ortho intramolecular Hbond substituents is 1. The molecule has 1 N–H and O–H groups in total. The van der Waals surface area contributed by atoms with Gasteiger partial charge in [0.2, 0.25) is 0 Å². The summed E-state index contributed by atoms with van der Waals surface area (Å²) in [5.74, 6) is 0.100. The predicted octanol–water partition coefficient (Wildman–Crippen LogP) is 5.14. The lowest BCUT2D eigenvalue weighted by Crippen LogP contribution is -2.15. The summed E-state index contributed by atoms with van der Waals surface area (Å²) < 4.78 is 0. The van der Waals surface area contributed by atoms with E-state index in [0.717, 1.165) is 16.7 Å². The summed E-state index contributed by atoms with van der Waals surface area (Å²) in [5.41, 5.74) is 2.78. The van der Waals surface area contributed by atoms with E-state index < -0.39 is 0 Å². The Hall–Kier alpha value is -1.56. The Morgan fingerprint density at radius 3 is 1.96 bits per heavy atom. The summed E-state index contributed by atoms with van der Waals surface area (Å²) in [6.45, 7) is 1.09. The van der Waals surface area contributed by atoms with Crippen LogP contribution in [0.15, 0.2) is 36.4 Å². The highest BCUT2D eigenvalue weighted by molar-refractivity contribution is 6.42. The van der Waals surface area contributed by atoms with E-state index in [1.807, 2.05) is 38.0 Å². The first-order valence-corrected chi connectivity index (χ1v) is 9.24. The van der Waals surface area contributed by atoms with Crippen molar-refractivity contribution >= 4 is 47.5 Å². The van der Waals surface area contributed by atoms with Gasteiger partial charge in [0.15, 0.2) is 5.78 Å². The van der Waals surface area contributed by atoms with Crippen molar-refractivity contribution < 1.29 is 9.90 Å². The van der Waals surface area contributed by atoms with Gasteiger partial charge in [-0.15, -0.1) is 12.4 Å². The molecule has 0 amide bonds. The lowest BCUT2D eigenvalue weighted by molar-refractivity contribution is 0.104. The Morgan fingerprint density at radius 2 is 1.50 bits per heavy atom. The molecule has 0 aromatic heterocycles. The molecule has 0 atom stereocenters. The average Bonchev–Trinajstić information content (AvgIpc) is 2.58. The van der Waals surface area contributed by atoms with E-state index >= 15 is 0 Å². The molecule has 0 fully saturated rings. The Labute approximate surface area is 182 Å². The number of ketones is 1. The van der Waals surface area contributed by atoms with Crippen LogP contribution in [0.25, 0.3) is 6.08 Å². The zero-order valence-corrected chi connectivity index (χ0v) is 18.7. The Morgan fingerprint density at radius 1 is 0.964 bits per heavy atom. The van der Waals surface area contributed by atoms with Gasteiger partial charge in [-0.3, -0.25) is 4.79 Å². The summed E-state index contributed by atoms with van der Waals surface area (Å²) >= 11 is 11.9. The molecule has 28 heavy (non-hydrogen) atoms. The SMILES string of the molecule is CN(C)Cc1cc(C(=O)/C=C/c2ccc(Cl)c(Cl)c2)cc(CN(C)C)c1O.Cl. The highest BCUT2D eigenvalue weighted by atomic mass is 35.5. The third-order valence-corrected chi connectivity index (χ3v) is 4.64. The predicted molar refractivity (Wildman–Crippen MR) is 120 cm³/mol. The minimum Gasteiger partial charge on any atom is -0.507 e. The van der Waals surface area contributed by atoms with Crippen LogP contribution in [0.1, 0.15) is 27.0 Å². The molecule has 2 aromatic rings. The van der Waals surface area contributed by atoms with E-state index in [4.69, 9.17) is 23.2 Å². The van der Waals surface area contributed by atoms with Gasteiger partial charge in [0.25, 0.3) is 0 Å². The lowest BCUT2D eigenvalue weighted by Gasteiger charge is -2.17. The molecule has 2 rings (SSSR count). The van der Waals surface area contributed by atoms with Gasteiger partial charge in [-0.25, -0.2) is 0 Å². The van der Waals surface area contributed by atoms with E-state index in [9.17, 15) is 9.90 Å². The van der Waals surface area contributed by atoms with Crippen LogP contribution >= 0.6 is 35.6 Å². The number of halogens is 3. The van der Waals surface area contributed by atoms with Crippen molar-refractivity contribution in [2.24, 2.45) is 0 Å². The van der Waals surface area contributed by atoms with E-state index in [-0.39, 0.29) is 23.9 Å². The third-order valence-electron chi connectivity index (χ3n) is 3.90. The largest absolute Gasteiger partial charge is 0.507 e. The molecule has 0 aliphatic rings. The summed E-state index contributed by atoms with van der Waals surface area (Å²) in [6, 6.07) is 8.69. The molecule has 0 aliphatic carbocycles. The van der Waals surface area contributed by atoms with Crippen LogP contribution < -0.4 is 0 Å². The zero-order chi connectivity index (χ0) is 20.1. The maximum atomic E-state index is 12.7. The first kappa shape index (κ1) is 24.5. The number of phenols is 1. The maximum absolute atomic E-state index is 12.7. The molecule has 0 saturated heterocycles. The molecule has 152 valence electrons. The molecule has 4 nitrogen and oxygen atoms in total. The van der Waals surface area contributed by atoms with Gasteiger partial charge < -0.3 is 14.9 Å². The molecule has 0 unspecified atom stereocenters. The van der Waals surface area contributed by atoms with Crippen LogP contribution in [-0.4, -0.2) is 48.9 Å². The molecule has 0 heterocycles. The number of hydrogen-bond donors (Lipinski definition) is 1. The van der Waals surface area contributed by atoms with Crippen molar-refractivity contribution in [3.8, 4) is 5.75 Å². The van der Waals surface area contributed by atoms with Gasteiger partial charge >= 0.3 is 0 Å². The average molecular weight is 444 g/mol. The topological polar surface area (TPSA) is 43.8 Å². The molecule has 2 aromatic carbocycles. The Kier molecular flexibility index (Phi) is 9.48. The molecule has 0 saturated carbocycles. The first-order chi connectivity index (χ1) is 12.7. The fourth-order valence-corrected chi connectivity index (χ4v) is 3.02. The second-order valence-electron chi connectivity index (χ2n) is 6.99. The van der Waals surface area contributed by atoms with E-state index in [1.165, 1.54) is 6.08 Å². The van der Waals surface area contributed by atoms with Gasteiger partial charge in [-0.1, -0.05) is 35.3 Å². The summed E-state index contributed by atoms with van der Waals surface area (Å²) in [6.07, 6.45) is 3.21. The monoisotopic (exact) mass is 442 g/mol. The van der Waals surface area contributed by atoms with E-state index in [2.05, 4.69) is 0 Å². The number of carbonyl (C=O) groups excluding carboxylic acids is 1. The van der Waals surface area contributed by atoms with Gasteiger partial charge in [-0.05, 0) is 64.1 Å². The first-order valence-electron chi connectivity index (χ1n) is 8.49. The van der Waals surface area contributed by atoms with Crippen LogP contribution in [0.2, 0.25) is 10.0 Å². The molecular formula is C21H25Cl3N2O2. The molecule has 7 heteroatoms. The number of hydrogen-bond acceptors (Lipinski definition) is 4. The van der Waals surface area contributed by atoms with Crippen molar-refractivity contribution in [1.82, 2.24) is 9.80 Å². The molecule has 0 radical (unpaired) electrons. The molecular weight excluding hydrogens is 419 g/mol. The Balaban J connectivity index is 0.00000392. The van der Waals surface area contributed by atoms with Crippen LogP contribution in [0.3, 0.4) is 0 Å². The summed E-state index contributed by atoms with van der Waals surface area (Å²) in [7, 11) is 7.68. The molecule has 0 aliphatic heterocycles. The second kappa shape index (κ2) is 10.8. The molecule has 0 bridgehead atoms. The van der Waals surface area contributed by atoms with Crippen molar-refractivity contribution in [2.45, 2.75) is 13.1 Å². The number of nitrogens with zero attached hydrogens (tertiary/aromatic N) is 2. The van der Waals surface area contributed by atoms with E-state index in [1.54, 1.807) is 36.4 Å². The van der Waals surface area contributed by atoms with Crippen LogP contribution in [0, 0.1) is 0 Å². The number of aromatic hydroxyl groups is 1. The summed E-state index contributed by atoms with van der Waals surface area (Å²) in [5, 5.41) is 11.5. The third kappa shape index (κ3) is 6.80. The van der Waals surface area contributed by atoms with Gasteiger partial charge in [0.1, 0.15) is 5.75 Å². The normalized spacial score (nSPS) is 11.3. The van der Waals surface area contributed by atoms with Crippen molar-refractivity contribution in [3.63, 3.8) is 0 Å². The van der Waals surface area contributed by atoms with Crippen molar-refractivity contribution in [2.75, 3.05) is 28.2 Å². The number of carbonyl (C=O) groups is 1. The lowest BCUT2D eigenvalue weighted by atomic mass is 10.00. The smallest absolute Gasteiger partial charge is 0.185 e. The van der Waals surface area contributed by atoms with Crippen LogP contribution in [-0.2, 0) is 13.1 Å². The Bertz CT molecular complexity index is 834. The minimum atomic E-state index is -0.138. The number of rotatable bonds is 7. The fourth-order valence-electron chi connectivity index (χ4n) is 2.71. The van der Waals surface area contributed by atoms with Gasteiger partial charge in [-0.2, -0.15) is 0 Å². The maximum Gasteiger partial charge on any atom is 0.185 e. The highest BCUT2D eigenvalue weighted by Gasteiger charge is 2.14. The van der Waals surface area contributed by atoms with Crippen molar-refractivity contribution in [1.29, 1.82) is 0 Å². The van der Waals surface area contributed by atoms with Crippen LogP contribution in [0.5, 0.6) is 5.75 Å². The zero-order valence-electron chi connectivity index (χ0n) is 16.4. The van der Waals surface area contributed by atoms with Crippen molar-refractivity contribution in [3.05, 3.63) is 68.7 Å². The highest BCUT2D eigenvalue weighted by Crippen LogP contribution is 2.27. The second-order valence-corrected chi connectivity index (χ2v) is 7.80.